The second-order valence-electron chi connectivity index (χ2n) is 4.01. The van der Waals surface area contributed by atoms with E-state index in [0.29, 0.717) is 4.47 Å². The average molecular weight is 365 g/mol. The summed E-state index contributed by atoms with van der Waals surface area (Å²) in [7, 11) is -3.16. The molecule has 0 saturated carbocycles. The number of rotatable bonds is 5. The Morgan fingerprint density at radius 3 is 2.55 bits per heavy atom. The van der Waals surface area contributed by atoms with Gasteiger partial charge >= 0.3 is 12.0 Å². The van der Waals surface area contributed by atoms with Crippen LogP contribution < -0.4 is 10.6 Å². The largest absolute Gasteiger partial charge is 0.478 e. The molecule has 1 aromatic carbocycles. The van der Waals surface area contributed by atoms with Crippen LogP contribution in [0.15, 0.2) is 22.7 Å². The molecule has 0 unspecified atom stereocenters. The van der Waals surface area contributed by atoms with Crippen LogP contribution in [0.25, 0.3) is 0 Å². The summed E-state index contributed by atoms with van der Waals surface area (Å²) < 4.78 is 22.4. The van der Waals surface area contributed by atoms with Gasteiger partial charge in [0.15, 0.2) is 0 Å². The minimum atomic E-state index is -3.16. The lowest BCUT2D eigenvalue weighted by Gasteiger charge is -2.10. The minimum absolute atomic E-state index is 0.0520. The van der Waals surface area contributed by atoms with Gasteiger partial charge in [-0.1, -0.05) is 15.9 Å². The molecular weight excluding hydrogens is 352 g/mol. The van der Waals surface area contributed by atoms with Crippen LogP contribution in [0.5, 0.6) is 0 Å². The third kappa shape index (κ3) is 5.57. The topological polar surface area (TPSA) is 113 Å². The standard InChI is InChI=1S/C11H13BrN2O5S/c1-20(18,19)5-4-13-11(17)14-9-3-2-7(12)6-8(9)10(15)16/h2-3,6H,4-5H2,1H3,(H,15,16)(H2,13,14,17). The van der Waals surface area contributed by atoms with Gasteiger partial charge in [0, 0.05) is 17.3 Å². The van der Waals surface area contributed by atoms with Crippen molar-refractivity contribution in [3.05, 3.63) is 28.2 Å². The Morgan fingerprint density at radius 1 is 1.35 bits per heavy atom. The smallest absolute Gasteiger partial charge is 0.337 e. The highest BCUT2D eigenvalue weighted by atomic mass is 79.9. The summed E-state index contributed by atoms with van der Waals surface area (Å²) in [5, 5.41) is 13.7. The van der Waals surface area contributed by atoms with Gasteiger partial charge in [0.2, 0.25) is 0 Å². The van der Waals surface area contributed by atoms with Crippen molar-refractivity contribution in [1.82, 2.24) is 5.32 Å². The number of nitrogens with one attached hydrogen (secondary N) is 2. The van der Waals surface area contributed by atoms with Crippen LogP contribution in [0, 0.1) is 0 Å². The summed E-state index contributed by atoms with van der Waals surface area (Å²) in [6.45, 7) is -0.0520. The highest BCUT2D eigenvalue weighted by Crippen LogP contribution is 2.21. The van der Waals surface area contributed by atoms with Crippen molar-refractivity contribution in [1.29, 1.82) is 0 Å². The summed E-state index contributed by atoms with van der Waals surface area (Å²) >= 11 is 3.14. The summed E-state index contributed by atoms with van der Waals surface area (Å²) in [5.74, 6) is -1.37. The monoisotopic (exact) mass is 364 g/mol. The Labute approximate surface area is 124 Å². The van der Waals surface area contributed by atoms with Crippen molar-refractivity contribution in [2.24, 2.45) is 0 Å². The Morgan fingerprint density at radius 2 is 2.00 bits per heavy atom. The molecule has 0 bridgehead atoms. The molecule has 0 aliphatic heterocycles. The molecule has 0 saturated heterocycles. The molecule has 0 heterocycles. The Bertz CT molecular complexity index is 630. The van der Waals surface area contributed by atoms with E-state index in [9.17, 15) is 18.0 Å². The number of anilines is 1. The van der Waals surface area contributed by atoms with Crippen LogP contribution in [0.1, 0.15) is 10.4 Å². The molecule has 110 valence electrons. The SMILES string of the molecule is CS(=O)(=O)CCNC(=O)Nc1ccc(Br)cc1C(=O)O. The first kappa shape index (κ1) is 16.4. The van der Waals surface area contributed by atoms with Crippen LogP contribution in [-0.4, -0.2) is 44.1 Å². The van der Waals surface area contributed by atoms with Gasteiger partial charge in [-0.05, 0) is 18.2 Å². The molecule has 7 nitrogen and oxygen atoms in total. The van der Waals surface area contributed by atoms with E-state index in [4.69, 9.17) is 5.11 Å². The minimum Gasteiger partial charge on any atom is -0.478 e. The molecule has 2 amide bonds. The number of halogens is 1. The molecule has 1 rings (SSSR count). The highest BCUT2D eigenvalue weighted by Gasteiger charge is 2.13. The second kappa shape index (κ2) is 6.71. The van der Waals surface area contributed by atoms with E-state index in [2.05, 4.69) is 26.6 Å². The van der Waals surface area contributed by atoms with Crippen molar-refractivity contribution in [3.63, 3.8) is 0 Å². The molecule has 0 aliphatic carbocycles. The maximum Gasteiger partial charge on any atom is 0.337 e. The molecule has 0 atom stereocenters. The van der Waals surface area contributed by atoms with Gasteiger partial charge in [-0.3, -0.25) is 0 Å². The van der Waals surface area contributed by atoms with E-state index < -0.39 is 21.8 Å². The third-order valence-electron chi connectivity index (χ3n) is 2.22. The zero-order valence-electron chi connectivity index (χ0n) is 10.5. The number of hydrogen-bond donors (Lipinski definition) is 3. The fourth-order valence-electron chi connectivity index (χ4n) is 1.32. The first-order chi connectivity index (χ1) is 9.19. The number of carbonyl (C=O) groups excluding carboxylic acids is 1. The van der Waals surface area contributed by atoms with Crippen molar-refractivity contribution in [3.8, 4) is 0 Å². The molecule has 0 aliphatic rings. The number of aromatic carboxylic acids is 1. The molecule has 0 fully saturated rings. The third-order valence-corrected chi connectivity index (χ3v) is 3.66. The van der Waals surface area contributed by atoms with Crippen LogP contribution >= 0.6 is 15.9 Å². The lowest BCUT2D eigenvalue weighted by atomic mass is 10.2. The second-order valence-corrected chi connectivity index (χ2v) is 7.18. The molecular formula is C11H13BrN2O5S. The maximum absolute atomic E-state index is 11.5. The quantitative estimate of drug-likeness (QED) is 0.728. The van der Waals surface area contributed by atoms with E-state index in [1.807, 2.05) is 0 Å². The Hall–Kier alpha value is -1.61. The zero-order valence-corrected chi connectivity index (χ0v) is 12.9. The number of amides is 2. The number of urea groups is 1. The number of carboxylic acid groups (broad SMARTS) is 1. The van der Waals surface area contributed by atoms with Crippen molar-refractivity contribution in [2.45, 2.75) is 0 Å². The zero-order chi connectivity index (χ0) is 15.3. The van der Waals surface area contributed by atoms with E-state index >= 15 is 0 Å². The fraction of sp³-hybridized carbons (Fsp3) is 0.273. The number of sulfone groups is 1. The first-order valence-electron chi connectivity index (χ1n) is 5.44. The lowest BCUT2D eigenvalue weighted by Crippen LogP contribution is -2.33. The van der Waals surface area contributed by atoms with Crippen LogP contribution in [-0.2, 0) is 9.84 Å². The number of hydrogen-bond acceptors (Lipinski definition) is 4. The predicted octanol–water partition coefficient (Wildman–Crippen LogP) is 1.31. The fourth-order valence-corrected chi connectivity index (χ4v) is 2.15. The summed E-state index contributed by atoms with van der Waals surface area (Å²) in [5.41, 5.74) is 0.0511. The van der Waals surface area contributed by atoms with Crippen molar-refractivity contribution >= 4 is 43.5 Å². The van der Waals surface area contributed by atoms with E-state index in [-0.39, 0.29) is 23.5 Å². The van der Waals surface area contributed by atoms with E-state index in [1.54, 1.807) is 6.07 Å². The van der Waals surface area contributed by atoms with Gasteiger partial charge in [-0.25, -0.2) is 18.0 Å². The molecule has 0 aromatic heterocycles. The highest BCUT2D eigenvalue weighted by molar-refractivity contribution is 9.10. The summed E-state index contributed by atoms with van der Waals surface area (Å²) in [4.78, 5) is 22.6. The molecule has 0 spiro atoms. The predicted molar refractivity (Wildman–Crippen MR) is 77.8 cm³/mol. The average Bonchev–Trinajstić information content (AvgIpc) is 2.29. The van der Waals surface area contributed by atoms with Gasteiger partial charge in [0.25, 0.3) is 0 Å². The van der Waals surface area contributed by atoms with Crippen molar-refractivity contribution < 1.29 is 23.1 Å². The van der Waals surface area contributed by atoms with Gasteiger partial charge < -0.3 is 15.7 Å². The van der Waals surface area contributed by atoms with E-state index in [1.165, 1.54) is 12.1 Å². The molecule has 20 heavy (non-hydrogen) atoms. The van der Waals surface area contributed by atoms with Gasteiger partial charge in [0.05, 0.1) is 17.0 Å². The molecule has 9 heteroatoms. The Balaban J connectivity index is 2.69. The van der Waals surface area contributed by atoms with Crippen LogP contribution in [0.4, 0.5) is 10.5 Å². The Kier molecular flexibility index (Phi) is 5.52. The molecule has 3 N–H and O–H groups in total. The molecule has 1 aromatic rings. The van der Waals surface area contributed by atoms with Crippen LogP contribution in [0.3, 0.4) is 0 Å². The number of carbonyl (C=O) groups is 2. The molecule has 0 radical (unpaired) electrons. The lowest BCUT2D eigenvalue weighted by molar-refractivity contribution is 0.0698. The number of benzene rings is 1. The van der Waals surface area contributed by atoms with Gasteiger partial charge in [-0.2, -0.15) is 0 Å². The van der Waals surface area contributed by atoms with Gasteiger partial charge in [0.1, 0.15) is 9.84 Å². The summed E-state index contributed by atoms with van der Waals surface area (Å²) in [6.07, 6.45) is 1.06. The number of carboxylic acids is 1. The summed E-state index contributed by atoms with van der Waals surface area (Å²) in [6, 6.07) is 3.70. The van der Waals surface area contributed by atoms with Gasteiger partial charge in [-0.15, -0.1) is 0 Å². The van der Waals surface area contributed by atoms with Crippen LogP contribution in [0.2, 0.25) is 0 Å². The van der Waals surface area contributed by atoms with Crippen molar-refractivity contribution in [2.75, 3.05) is 23.9 Å². The van der Waals surface area contributed by atoms with E-state index in [0.717, 1.165) is 6.26 Å². The maximum atomic E-state index is 11.5. The normalized spacial score (nSPS) is 10.9. The first-order valence-corrected chi connectivity index (χ1v) is 8.30.